The minimum atomic E-state index is 0.0144. The number of nitriles is 1. The predicted molar refractivity (Wildman–Crippen MR) is 105 cm³/mol. The van der Waals surface area contributed by atoms with E-state index in [4.69, 9.17) is 15.1 Å². The maximum atomic E-state index is 8.97. The lowest BCUT2D eigenvalue weighted by atomic mass is 10.0. The van der Waals surface area contributed by atoms with Crippen molar-refractivity contribution >= 4 is 5.82 Å². The van der Waals surface area contributed by atoms with Gasteiger partial charge >= 0.3 is 0 Å². The Bertz CT molecular complexity index is 990. The fourth-order valence-electron chi connectivity index (χ4n) is 3.76. The number of nitrogens with zero attached hydrogens (tertiary/aromatic N) is 6. The van der Waals surface area contributed by atoms with E-state index in [1.54, 1.807) is 6.07 Å². The van der Waals surface area contributed by atoms with Crippen molar-refractivity contribution in [3.05, 3.63) is 70.7 Å². The minimum Gasteiger partial charge on any atom is -0.377 e. The summed E-state index contributed by atoms with van der Waals surface area (Å²) in [5, 5.41) is 22.0. The van der Waals surface area contributed by atoms with Crippen molar-refractivity contribution in [1.82, 2.24) is 20.0 Å². The third kappa shape index (κ3) is 3.47. The van der Waals surface area contributed by atoms with Crippen molar-refractivity contribution in [3.8, 4) is 6.07 Å². The lowest BCUT2D eigenvalue weighted by Gasteiger charge is -2.36. The summed E-state index contributed by atoms with van der Waals surface area (Å²) in [6, 6.07) is 15.9. The van der Waals surface area contributed by atoms with Crippen LogP contribution in [0.15, 0.2) is 42.5 Å². The summed E-state index contributed by atoms with van der Waals surface area (Å²) in [6.07, 6.45) is 0. The minimum absolute atomic E-state index is 0.0144. The van der Waals surface area contributed by atoms with Gasteiger partial charge in [-0.1, -0.05) is 30.3 Å². The van der Waals surface area contributed by atoms with Gasteiger partial charge in [-0.2, -0.15) is 10.4 Å². The number of morpholine rings is 1. The summed E-state index contributed by atoms with van der Waals surface area (Å²) in [6.45, 7) is 6.80. The van der Waals surface area contributed by atoms with Crippen LogP contribution in [0.25, 0.3) is 0 Å². The molecule has 0 amide bonds. The van der Waals surface area contributed by atoms with Crippen molar-refractivity contribution in [2.24, 2.45) is 0 Å². The molecule has 142 valence electrons. The molecule has 1 aliphatic rings. The molecule has 3 aromatic rings. The van der Waals surface area contributed by atoms with E-state index in [2.05, 4.69) is 38.8 Å². The smallest absolute Gasteiger partial charge is 0.163 e. The van der Waals surface area contributed by atoms with Gasteiger partial charge in [0.1, 0.15) is 6.07 Å². The fourth-order valence-corrected chi connectivity index (χ4v) is 3.76. The molecule has 3 heterocycles. The first-order valence-electron chi connectivity index (χ1n) is 9.33. The SMILES string of the molecule is Cc1nn(Cc2ccccc2)c(C)c1C1COCCN1c1ccc(C#N)nn1. The summed E-state index contributed by atoms with van der Waals surface area (Å²) < 4.78 is 7.84. The van der Waals surface area contributed by atoms with Gasteiger partial charge in [0.05, 0.1) is 31.5 Å². The Hall–Kier alpha value is -3.24. The van der Waals surface area contributed by atoms with Gasteiger partial charge in [-0.3, -0.25) is 4.68 Å². The Morgan fingerprint density at radius 1 is 1.14 bits per heavy atom. The zero-order chi connectivity index (χ0) is 19.5. The van der Waals surface area contributed by atoms with Crippen molar-refractivity contribution in [1.29, 1.82) is 5.26 Å². The Morgan fingerprint density at radius 2 is 1.96 bits per heavy atom. The molecule has 0 aliphatic carbocycles. The summed E-state index contributed by atoms with van der Waals surface area (Å²) in [4.78, 5) is 2.20. The number of anilines is 1. The highest BCUT2D eigenvalue weighted by atomic mass is 16.5. The van der Waals surface area contributed by atoms with E-state index < -0.39 is 0 Å². The first-order valence-corrected chi connectivity index (χ1v) is 9.33. The normalized spacial score (nSPS) is 16.8. The second kappa shape index (κ2) is 7.79. The average molecular weight is 374 g/mol. The van der Waals surface area contributed by atoms with Crippen LogP contribution in [0.2, 0.25) is 0 Å². The molecular formula is C21H22N6O. The van der Waals surface area contributed by atoms with E-state index in [1.807, 2.05) is 37.3 Å². The molecule has 1 aliphatic heterocycles. The average Bonchev–Trinajstić information content (AvgIpc) is 3.01. The molecule has 1 saturated heterocycles. The van der Waals surface area contributed by atoms with Gasteiger partial charge in [-0.25, -0.2) is 0 Å². The van der Waals surface area contributed by atoms with Gasteiger partial charge < -0.3 is 9.64 Å². The monoisotopic (exact) mass is 374 g/mol. The molecule has 0 spiro atoms. The maximum Gasteiger partial charge on any atom is 0.163 e. The summed E-state index contributed by atoms with van der Waals surface area (Å²) in [7, 11) is 0. The number of hydrogen-bond donors (Lipinski definition) is 0. The number of aromatic nitrogens is 4. The molecule has 7 heteroatoms. The number of hydrogen-bond acceptors (Lipinski definition) is 6. The second-order valence-electron chi connectivity index (χ2n) is 6.90. The van der Waals surface area contributed by atoms with Crippen LogP contribution >= 0.6 is 0 Å². The predicted octanol–water partition coefficient (Wildman–Crippen LogP) is 2.79. The third-order valence-corrected chi connectivity index (χ3v) is 5.13. The van der Waals surface area contributed by atoms with E-state index in [-0.39, 0.29) is 6.04 Å². The van der Waals surface area contributed by atoms with Gasteiger partial charge in [0.15, 0.2) is 11.5 Å². The van der Waals surface area contributed by atoms with Crippen LogP contribution in [0.3, 0.4) is 0 Å². The summed E-state index contributed by atoms with van der Waals surface area (Å²) >= 11 is 0. The molecule has 0 bridgehead atoms. The van der Waals surface area contributed by atoms with E-state index >= 15 is 0 Å². The molecule has 1 unspecified atom stereocenters. The van der Waals surface area contributed by atoms with E-state index in [0.29, 0.717) is 25.5 Å². The third-order valence-electron chi connectivity index (χ3n) is 5.13. The van der Waals surface area contributed by atoms with Crippen LogP contribution < -0.4 is 4.90 Å². The number of benzene rings is 1. The molecule has 0 saturated carbocycles. The zero-order valence-electron chi connectivity index (χ0n) is 16.0. The van der Waals surface area contributed by atoms with Crippen molar-refractivity contribution < 1.29 is 4.74 Å². The van der Waals surface area contributed by atoms with Gasteiger partial charge in [0.25, 0.3) is 0 Å². The molecule has 0 N–H and O–H groups in total. The second-order valence-corrected chi connectivity index (χ2v) is 6.90. The topological polar surface area (TPSA) is 79.9 Å². The Balaban J connectivity index is 1.66. The Kier molecular flexibility index (Phi) is 5.04. The van der Waals surface area contributed by atoms with E-state index in [0.717, 1.165) is 23.8 Å². The highest BCUT2D eigenvalue weighted by molar-refractivity contribution is 5.45. The standard InChI is InChI=1S/C21H22N6O/c1-15-21(16(2)27(25-15)13-17-6-4-3-5-7-17)19-14-28-11-10-26(19)20-9-8-18(12-22)23-24-20/h3-9,19H,10-11,13-14H2,1-2H3. The van der Waals surface area contributed by atoms with Crippen LogP contribution in [0, 0.1) is 25.2 Å². The maximum absolute atomic E-state index is 8.97. The quantitative estimate of drug-likeness (QED) is 0.699. The largest absolute Gasteiger partial charge is 0.377 e. The first-order chi connectivity index (χ1) is 13.7. The van der Waals surface area contributed by atoms with Crippen molar-refractivity contribution in [3.63, 3.8) is 0 Å². The number of aryl methyl sites for hydroxylation is 1. The van der Waals surface area contributed by atoms with Crippen LogP contribution in [0.1, 0.15) is 34.3 Å². The highest BCUT2D eigenvalue weighted by Crippen LogP contribution is 2.32. The number of ether oxygens (including phenoxy) is 1. The molecular weight excluding hydrogens is 352 g/mol. The van der Waals surface area contributed by atoms with Gasteiger partial charge in [0, 0.05) is 17.8 Å². The fraction of sp³-hybridized carbons (Fsp3) is 0.333. The lowest BCUT2D eigenvalue weighted by Crippen LogP contribution is -2.40. The van der Waals surface area contributed by atoms with E-state index in [1.165, 1.54) is 11.1 Å². The lowest BCUT2D eigenvalue weighted by molar-refractivity contribution is 0.0932. The van der Waals surface area contributed by atoms with Crippen molar-refractivity contribution in [2.45, 2.75) is 26.4 Å². The van der Waals surface area contributed by atoms with Crippen LogP contribution in [0.4, 0.5) is 5.82 Å². The molecule has 1 atom stereocenters. The summed E-state index contributed by atoms with van der Waals surface area (Å²) in [5.41, 5.74) is 4.83. The molecule has 1 aromatic carbocycles. The Morgan fingerprint density at radius 3 is 2.68 bits per heavy atom. The van der Waals surface area contributed by atoms with Crippen LogP contribution in [-0.4, -0.2) is 39.7 Å². The van der Waals surface area contributed by atoms with Crippen LogP contribution in [0.5, 0.6) is 0 Å². The molecule has 7 nitrogen and oxygen atoms in total. The van der Waals surface area contributed by atoms with Gasteiger partial charge in [-0.15, -0.1) is 10.2 Å². The molecule has 0 radical (unpaired) electrons. The molecule has 2 aromatic heterocycles. The molecule has 28 heavy (non-hydrogen) atoms. The molecule has 1 fully saturated rings. The van der Waals surface area contributed by atoms with Crippen molar-refractivity contribution in [2.75, 3.05) is 24.7 Å². The number of rotatable bonds is 4. The van der Waals surface area contributed by atoms with Gasteiger partial charge in [0.2, 0.25) is 0 Å². The Labute approximate surface area is 164 Å². The van der Waals surface area contributed by atoms with Gasteiger partial charge in [-0.05, 0) is 31.5 Å². The zero-order valence-corrected chi connectivity index (χ0v) is 16.0. The van der Waals surface area contributed by atoms with E-state index in [9.17, 15) is 0 Å². The van der Waals surface area contributed by atoms with Crippen LogP contribution in [-0.2, 0) is 11.3 Å². The highest BCUT2D eigenvalue weighted by Gasteiger charge is 2.30. The summed E-state index contributed by atoms with van der Waals surface area (Å²) in [5.74, 6) is 0.752. The first kappa shape index (κ1) is 18.1. The molecule has 4 rings (SSSR count).